The van der Waals surface area contributed by atoms with Gasteiger partial charge in [0.25, 0.3) is 5.91 Å². The molecule has 0 atom stereocenters. The van der Waals surface area contributed by atoms with Gasteiger partial charge in [-0.25, -0.2) is 9.18 Å². The van der Waals surface area contributed by atoms with Crippen LogP contribution in [-0.2, 0) is 0 Å². The molecule has 0 heterocycles. The van der Waals surface area contributed by atoms with Crippen molar-refractivity contribution in [3.63, 3.8) is 0 Å². The molecule has 2 aromatic carbocycles. The van der Waals surface area contributed by atoms with Crippen LogP contribution in [-0.4, -0.2) is 17.0 Å². The summed E-state index contributed by atoms with van der Waals surface area (Å²) < 4.78 is 13.6. The molecule has 0 aromatic heterocycles. The Hall–Kier alpha value is -2.69. The number of rotatable bonds is 3. The van der Waals surface area contributed by atoms with Crippen molar-refractivity contribution < 1.29 is 19.1 Å². The minimum absolute atomic E-state index is 0.0575. The molecule has 0 saturated heterocycles. The van der Waals surface area contributed by atoms with E-state index in [4.69, 9.17) is 5.11 Å². The fourth-order valence-electron chi connectivity index (χ4n) is 1.70. The maximum absolute atomic E-state index is 13.6. The average molecular weight is 273 g/mol. The van der Waals surface area contributed by atoms with Gasteiger partial charge in [-0.15, -0.1) is 0 Å². The molecule has 102 valence electrons. The van der Waals surface area contributed by atoms with Crippen LogP contribution in [0, 0.1) is 12.7 Å². The van der Waals surface area contributed by atoms with E-state index in [0.717, 1.165) is 5.56 Å². The first-order valence-electron chi connectivity index (χ1n) is 5.88. The summed E-state index contributed by atoms with van der Waals surface area (Å²) in [7, 11) is 0. The minimum Gasteiger partial charge on any atom is -0.478 e. The first kappa shape index (κ1) is 13.7. The molecule has 20 heavy (non-hydrogen) atoms. The van der Waals surface area contributed by atoms with Gasteiger partial charge in [-0.05, 0) is 48.9 Å². The third kappa shape index (κ3) is 3.00. The van der Waals surface area contributed by atoms with Crippen LogP contribution < -0.4 is 5.32 Å². The lowest BCUT2D eigenvalue weighted by Crippen LogP contribution is -2.14. The Labute approximate surface area is 114 Å². The highest BCUT2D eigenvalue weighted by Gasteiger charge is 2.12. The van der Waals surface area contributed by atoms with E-state index in [2.05, 4.69) is 5.32 Å². The number of aromatic carboxylic acids is 1. The summed E-state index contributed by atoms with van der Waals surface area (Å²) in [5.74, 6) is -2.22. The van der Waals surface area contributed by atoms with E-state index >= 15 is 0 Å². The van der Waals surface area contributed by atoms with Crippen molar-refractivity contribution in [1.82, 2.24) is 0 Å². The Morgan fingerprint density at radius 2 is 1.75 bits per heavy atom. The van der Waals surface area contributed by atoms with E-state index in [1.165, 1.54) is 36.4 Å². The molecule has 0 unspecified atom stereocenters. The Balaban J connectivity index is 2.17. The van der Waals surface area contributed by atoms with Gasteiger partial charge in [-0.2, -0.15) is 0 Å². The van der Waals surface area contributed by atoms with Crippen LogP contribution in [0.25, 0.3) is 0 Å². The van der Waals surface area contributed by atoms with Crippen LogP contribution in [0.15, 0.2) is 42.5 Å². The maximum Gasteiger partial charge on any atom is 0.335 e. The second-order valence-corrected chi connectivity index (χ2v) is 4.32. The monoisotopic (exact) mass is 273 g/mol. The average Bonchev–Trinajstić information content (AvgIpc) is 2.39. The summed E-state index contributed by atoms with van der Waals surface area (Å²) in [5.41, 5.74) is 1.19. The molecule has 0 bridgehead atoms. The van der Waals surface area contributed by atoms with E-state index in [1.54, 1.807) is 13.0 Å². The molecule has 0 saturated carbocycles. The number of carbonyl (C=O) groups excluding carboxylic acids is 1. The van der Waals surface area contributed by atoms with Gasteiger partial charge < -0.3 is 10.4 Å². The van der Waals surface area contributed by atoms with Crippen molar-refractivity contribution >= 4 is 17.6 Å². The van der Waals surface area contributed by atoms with Gasteiger partial charge in [0.15, 0.2) is 0 Å². The van der Waals surface area contributed by atoms with Crippen LogP contribution in [0.2, 0.25) is 0 Å². The van der Waals surface area contributed by atoms with E-state index in [1.807, 2.05) is 0 Å². The molecule has 5 heteroatoms. The first-order valence-corrected chi connectivity index (χ1v) is 5.88. The smallest absolute Gasteiger partial charge is 0.335 e. The first-order chi connectivity index (χ1) is 9.47. The van der Waals surface area contributed by atoms with Crippen molar-refractivity contribution in [1.29, 1.82) is 0 Å². The number of halogens is 1. The molecule has 1 amide bonds. The number of hydrogen-bond donors (Lipinski definition) is 2. The number of nitrogens with one attached hydrogen (secondary N) is 1. The van der Waals surface area contributed by atoms with Gasteiger partial charge in [0.05, 0.1) is 11.1 Å². The van der Waals surface area contributed by atoms with Crippen molar-refractivity contribution in [2.45, 2.75) is 6.92 Å². The lowest BCUT2D eigenvalue weighted by molar-refractivity contribution is 0.0696. The van der Waals surface area contributed by atoms with E-state index < -0.39 is 17.7 Å². The molecule has 2 N–H and O–H groups in total. The second kappa shape index (κ2) is 5.52. The Morgan fingerprint density at radius 1 is 1.10 bits per heavy atom. The molecule has 0 radical (unpaired) electrons. The zero-order chi connectivity index (χ0) is 14.7. The number of carboxylic acid groups (broad SMARTS) is 1. The summed E-state index contributed by atoms with van der Waals surface area (Å²) in [5, 5.41) is 11.3. The normalized spacial score (nSPS) is 10.1. The van der Waals surface area contributed by atoms with E-state index in [0.29, 0.717) is 5.69 Å². The van der Waals surface area contributed by atoms with Crippen molar-refractivity contribution in [3.8, 4) is 0 Å². The number of carboxylic acids is 1. The van der Waals surface area contributed by atoms with E-state index in [-0.39, 0.29) is 11.1 Å². The molecule has 0 spiro atoms. The molecular weight excluding hydrogens is 261 g/mol. The Bertz CT molecular complexity index is 665. The number of benzene rings is 2. The number of aryl methyl sites for hydroxylation is 1. The zero-order valence-electron chi connectivity index (χ0n) is 10.7. The number of carbonyl (C=O) groups is 2. The lowest BCUT2D eigenvalue weighted by Gasteiger charge is -2.07. The van der Waals surface area contributed by atoms with Crippen LogP contribution in [0.1, 0.15) is 26.3 Å². The molecule has 0 aliphatic carbocycles. The summed E-state index contributed by atoms with van der Waals surface area (Å²) in [6, 6.07) is 9.97. The van der Waals surface area contributed by atoms with Gasteiger partial charge in [0.1, 0.15) is 5.82 Å². The van der Waals surface area contributed by atoms with Gasteiger partial charge in [-0.3, -0.25) is 4.79 Å². The molecule has 2 rings (SSSR count). The molecule has 2 aromatic rings. The molecule has 4 nitrogen and oxygen atoms in total. The van der Waals surface area contributed by atoms with Crippen LogP contribution >= 0.6 is 0 Å². The second-order valence-electron chi connectivity index (χ2n) is 4.32. The summed E-state index contributed by atoms with van der Waals surface area (Å²) >= 11 is 0. The Kier molecular flexibility index (Phi) is 3.79. The third-order valence-electron chi connectivity index (χ3n) is 2.76. The van der Waals surface area contributed by atoms with Gasteiger partial charge in [0, 0.05) is 5.69 Å². The standard InChI is InChI=1S/C15H12FNO3/c1-9-2-7-12(13(16)8-9)14(18)17-11-5-3-10(4-6-11)15(19)20/h2-8H,1H3,(H,17,18)(H,19,20). The molecule has 0 aliphatic heterocycles. The molecular formula is C15H12FNO3. The van der Waals surface area contributed by atoms with Crippen molar-refractivity contribution in [3.05, 3.63) is 65.0 Å². The maximum atomic E-state index is 13.6. The minimum atomic E-state index is -1.05. The highest BCUT2D eigenvalue weighted by atomic mass is 19.1. The fraction of sp³-hybridized carbons (Fsp3) is 0.0667. The lowest BCUT2D eigenvalue weighted by atomic mass is 10.1. The highest BCUT2D eigenvalue weighted by Crippen LogP contribution is 2.14. The van der Waals surface area contributed by atoms with Crippen molar-refractivity contribution in [2.75, 3.05) is 5.32 Å². The molecule has 0 aliphatic rings. The van der Waals surface area contributed by atoms with Gasteiger partial charge >= 0.3 is 5.97 Å². The Morgan fingerprint density at radius 3 is 2.30 bits per heavy atom. The predicted octanol–water partition coefficient (Wildman–Crippen LogP) is 3.08. The quantitative estimate of drug-likeness (QED) is 0.903. The third-order valence-corrected chi connectivity index (χ3v) is 2.76. The van der Waals surface area contributed by atoms with Crippen molar-refractivity contribution in [2.24, 2.45) is 0 Å². The topological polar surface area (TPSA) is 66.4 Å². The van der Waals surface area contributed by atoms with Crippen LogP contribution in [0.5, 0.6) is 0 Å². The van der Waals surface area contributed by atoms with Crippen LogP contribution in [0.3, 0.4) is 0 Å². The highest BCUT2D eigenvalue weighted by molar-refractivity contribution is 6.04. The van der Waals surface area contributed by atoms with Gasteiger partial charge in [-0.1, -0.05) is 6.07 Å². The summed E-state index contributed by atoms with van der Waals surface area (Å²) in [6.45, 7) is 1.73. The number of amides is 1. The molecule has 0 fully saturated rings. The fourth-order valence-corrected chi connectivity index (χ4v) is 1.70. The summed E-state index contributed by atoms with van der Waals surface area (Å²) in [6.07, 6.45) is 0. The summed E-state index contributed by atoms with van der Waals surface area (Å²) in [4.78, 5) is 22.6. The number of hydrogen-bond acceptors (Lipinski definition) is 2. The SMILES string of the molecule is Cc1ccc(C(=O)Nc2ccc(C(=O)O)cc2)c(F)c1. The largest absolute Gasteiger partial charge is 0.478 e. The van der Waals surface area contributed by atoms with Crippen LogP contribution in [0.4, 0.5) is 10.1 Å². The van der Waals surface area contributed by atoms with Gasteiger partial charge in [0.2, 0.25) is 0 Å². The zero-order valence-corrected chi connectivity index (χ0v) is 10.7. The van der Waals surface area contributed by atoms with E-state index in [9.17, 15) is 14.0 Å². The predicted molar refractivity (Wildman–Crippen MR) is 72.5 cm³/mol. The number of anilines is 1.